The number of hydrogen-bond acceptors (Lipinski definition) is 7. The molecule has 0 aromatic heterocycles. The zero-order valence-corrected chi connectivity index (χ0v) is 16.3. The van der Waals surface area contributed by atoms with Crippen LogP contribution < -0.4 is 10.2 Å². The van der Waals surface area contributed by atoms with E-state index in [1.54, 1.807) is 12.1 Å². The minimum Gasteiger partial charge on any atom is -0.503 e. The van der Waals surface area contributed by atoms with Gasteiger partial charge in [-0.05, 0) is 48.5 Å². The second kappa shape index (κ2) is 8.08. The molecule has 7 nitrogen and oxygen atoms in total. The van der Waals surface area contributed by atoms with Crippen molar-refractivity contribution in [2.45, 2.75) is 0 Å². The van der Waals surface area contributed by atoms with Crippen molar-refractivity contribution in [1.29, 1.82) is 0 Å². The summed E-state index contributed by atoms with van der Waals surface area (Å²) >= 11 is 0. The second-order valence-corrected chi connectivity index (χ2v) is 6.80. The van der Waals surface area contributed by atoms with Crippen LogP contribution in [0.3, 0.4) is 0 Å². The Morgan fingerprint density at radius 3 is 1.29 bits per heavy atom. The van der Waals surface area contributed by atoms with E-state index in [-0.39, 0.29) is 5.69 Å². The molecule has 0 aliphatic carbocycles. The Labute approximate surface area is 178 Å². The van der Waals surface area contributed by atoms with Gasteiger partial charge in [0.15, 0.2) is 11.5 Å². The van der Waals surface area contributed by atoms with E-state index in [9.17, 15) is 25.5 Å². The van der Waals surface area contributed by atoms with Gasteiger partial charge in [0.2, 0.25) is 17.2 Å². The molecule has 0 spiro atoms. The standard InChI is InChI=1S/C24H20N2O5/c27-20-19(21(28)23(30)24(31)22(20)29)25-15-11-13-18(14-12-15)26(16-7-3-1-4-8-16)17-9-5-2-6-10-17/h1-14,25,27-31H. The number of anilines is 5. The van der Waals surface area contributed by atoms with Crippen LogP contribution in [0.4, 0.5) is 28.4 Å². The highest BCUT2D eigenvalue weighted by atomic mass is 16.4. The molecule has 0 radical (unpaired) electrons. The highest BCUT2D eigenvalue weighted by Crippen LogP contribution is 2.54. The number of rotatable bonds is 5. The Bertz CT molecular complexity index is 1130. The van der Waals surface area contributed by atoms with Crippen molar-refractivity contribution < 1.29 is 25.5 Å². The van der Waals surface area contributed by atoms with Gasteiger partial charge in [-0.2, -0.15) is 0 Å². The molecule has 0 aliphatic rings. The largest absolute Gasteiger partial charge is 0.503 e. The molecule has 0 saturated carbocycles. The lowest BCUT2D eigenvalue weighted by Gasteiger charge is -2.25. The van der Waals surface area contributed by atoms with Gasteiger partial charge in [-0.3, -0.25) is 0 Å². The van der Waals surface area contributed by atoms with Crippen molar-refractivity contribution in [3.63, 3.8) is 0 Å². The molecule has 0 heterocycles. The van der Waals surface area contributed by atoms with Gasteiger partial charge >= 0.3 is 0 Å². The fraction of sp³-hybridized carbons (Fsp3) is 0. The van der Waals surface area contributed by atoms with E-state index in [1.165, 1.54) is 0 Å². The lowest BCUT2D eigenvalue weighted by Crippen LogP contribution is -2.09. The number of nitrogens with one attached hydrogen (secondary N) is 1. The number of nitrogens with zero attached hydrogens (tertiary/aromatic N) is 1. The molecule has 4 aromatic carbocycles. The van der Waals surface area contributed by atoms with E-state index in [0.717, 1.165) is 17.1 Å². The number of aromatic hydroxyl groups is 5. The van der Waals surface area contributed by atoms with Crippen LogP contribution in [0.5, 0.6) is 28.7 Å². The molecule has 156 valence electrons. The molecular weight excluding hydrogens is 396 g/mol. The first-order valence-corrected chi connectivity index (χ1v) is 9.43. The SMILES string of the molecule is Oc1c(O)c(O)c(Nc2ccc(N(c3ccccc3)c3ccccc3)cc2)c(O)c1O. The molecular formula is C24H20N2O5. The zero-order valence-electron chi connectivity index (χ0n) is 16.3. The molecule has 0 amide bonds. The molecule has 0 aliphatic heterocycles. The van der Waals surface area contributed by atoms with Gasteiger partial charge in [0.05, 0.1) is 0 Å². The monoisotopic (exact) mass is 416 g/mol. The highest BCUT2D eigenvalue weighted by Gasteiger charge is 2.23. The van der Waals surface area contributed by atoms with Crippen molar-refractivity contribution in [2.24, 2.45) is 0 Å². The molecule has 0 bridgehead atoms. The first-order valence-electron chi connectivity index (χ1n) is 9.43. The Hall–Kier alpha value is -4.52. The van der Waals surface area contributed by atoms with Gasteiger partial charge < -0.3 is 35.7 Å². The predicted octanol–water partition coefficient (Wildman–Crippen LogP) is 5.43. The topological polar surface area (TPSA) is 116 Å². The summed E-state index contributed by atoms with van der Waals surface area (Å²) in [5, 5.41) is 51.8. The third-order valence-electron chi connectivity index (χ3n) is 4.79. The number of para-hydroxylation sites is 2. The van der Waals surface area contributed by atoms with E-state index >= 15 is 0 Å². The lowest BCUT2D eigenvalue weighted by molar-refractivity contribution is 0.330. The number of phenols is 5. The molecule has 0 fully saturated rings. The summed E-state index contributed by atoms with van der Waals surface area (Å²) in [6, 6.07) is 26.8. The molecule has 6 N–H and O–H groups in total. The Morgan fingerprint density at radius 1 is 0.452 bits per heavy atom. The average molecular weight is 416 g/mol. The fourth-order valence-corrected chi connectivity index (χ4v) is 3.24. The first-order chi connectivity index (χ1) is 15.0. The number of hydrogen-bond donors (Lipinski definition) is 6. The minimum absolute atomic E-state index is 0.330. The van der Waals surface area contributed by atoms with Crippen LogP contribution in [0, 0.1) is 0 Å². The molecule has 4 aromatic rings. The van der Waals surface area contributed by atoms with Crippen LogP contribution in [0.2, 0.25) is 0 Å². The zero-order chi connectivity index (χ0) is 22.0. The van der Waals surface area contributed by atoms with E-state index in [4.69, 9.17) is 0 Å². The summed E-state index contributed by atoms with van der Waals surface area (Å²) in [7, 11) is 0. The third-order valence-corrected chi connectivity index (χ3v) is 4.79. The van der Waals surface area contributed by atoms with Crippen LogP contribution in [0.25, 0.3) is 0 Å². The van der Waals surface area contributed by atoms with Gasteiger partial charge in [-0.15, -0.1) is 0 Å². The van der Waals surface area contributed by atoms with E-state index in [1.807, 2.05) is 72.8 Å². The maximum Gasteiger partial charge on any atom is 0.208 e. The van der Waals surface area contributed by atoms with Crippen LogP contribution >= 0.6 is 0 Å². The summed E-state index contributed by atoms with van der Waals surface area (Å²) < 4.78 is 0. The fourth-order valence-electron chi connectivity index (χ4n) is 3.24. The Morgan fingerprint density at radius 2 is 0.839 bits per heavy atom. The Balaban J connectivity index is 1.69. The van der Waals surface area contributed by atoms with Crippen molar-refractivity contribution in [3.8, 4) is 28.7 Å². The maximum absolute atomic E-state index is 10.0. The third kappa shape index (κ3) is 3.72. The van der Waals surface area contributed by atoms with Crippen LogP contribution in [0.1, 0.15) is 0 Å². The molecule has 0 saturated heterocycles. The van der Waals surface area contributed by atoms with Gasteiger partial charge in [-0.25, -0.2) is 0 Å². The smallest absolute Gasteiger partial charge is 0.208 e. The minimum atomic E-state index is -1.00. The Kier molecular flexibility index (Phi) is 5.15. The van der Waals surface area contributed by atoms with E-state index < -0.39 is 28.7 Å². The molecule has 31 heavy (non-hydrogen) atoms. The molecule has 0 atom stereocenters. The quantitative estimate of drug-likeness (QED) is 0.190. The van der Waals surface area contributed by atoms with E-state index in [0.29, 0.717) is 5.69 Å². The summed E-state index contributed by atoms with van der Waals surface area (Å²) in [5.41, 5.74) is 2.95. The summed E-state index contributed by atoms with van der Waals surface area (Å²) in [4.78, 5) is 2.07. The van der Waals surface area contributed by atoms with Crippen LogP contribution in [-0.2, 0) is 0 Å². The normalized spacial score (nSPS) is 10.6. The second-order valence-electron chi connectivity index (χ2n) is 6.80. The van der Waals surface area contributed by atoms with Crippen LogP contribution in [0.15, 0.2) is 84.9 Å². The molecule has 4 rings (SSSR count). The van der Waals surface area contributed by atoms with Crippen molar-refractivity contribution in [2.75, 3.05) is 10.2 Å². The van der Waals surface area contributed by atoms with Gasteiger partial charge in [0.1, 0.15) is 5.69 Å². The van der Waals surface area contributed by atoms with Gasteiger partial charge in [0.25, 0.3) is 0 Å². The van der Waals surface area contributed by atoms with Crippen LogP contribution in [-0.4, -0.2) is 25.5 Å². The van der Waals surface area contributed by atoms with Crippen molar-refractivity contribution in [1.82, 2.24) is 0 Å². The summed E-state index contributed by atoms with van der Waals surface area (Å²) in [6.45, 7) is 0. The highest BCUT2D eigenvalue weighted by molar-refractivity contribution is 5.83. The maximum atomic E-state index is 10.0. The number of benzene rings is 4. The van der Waals surface area contributed by atoms with Gasteiger partial charge in [-0.1, -0.05) is 36.4 Å². The predicted molar refractivity (Wildman–Crippen MR) is 119 cm³/mol. The van der Waals surface area contributed by atoms with Crippen molar-refractivity contribution in [3.05, 3.63) is 84.9 Å². The number of phenolic OH excluding ortho intramolecular Hbond substituents is 5. The summed E-state index contributed by atoms with van der Waals surface area (Å²) in [5.74, 6) is -4.45. The van der Waals surface area contributed by atoms with Gasteiger partial charge in [0, 0.05) is 22.7 Å². The van der Waals surface area contributed by atoms with E-state index in [2.05, 4.69) is 10.2 Å². The average Bonchev–Trinajstić information content (AvgIpc) is 2.82. The molecule has 0 unspecified atom stereocenters. The first kappa shape index (κ1) is 19.8. The lowest BCUT2D eigenvalue weighted by atomic mass is 10.1. The molecule has 7 heteroatoms. The van der Waals surface area contributed by atoms with Crippen molar-refractivity contribution >= 4 is 28.4 Å². The summed E-state index contributed by atoms with van der Waals surface area (Å²) in [6.07, 6.45) is 0.